The number of H-pyrrole nitrogens is 1. The van der Waals surface area contributed by atoms with Gasteiger partial charge in [0.2, 0.25) is 0 Å². The van der Waals surface area contributed by atoms with E-state index in [0.29, 0.717) is 42.2 Å². The maximum absolute atomic E-state index is 14.6. The molecule has 0 aliphatic carbocycles. The number of alkyl halides is 7. The van der Waals surface area contributed by atoms with E-state index in [1.54, 1.807) is 40.0 Å². The minimum atomic E-state index is -6.25. The van der Waals surface area contributed by atoms with E-state index in [1.807, 2.05) is 4.90 Å². The van der Waals surface area contributed by atoms with Crippen molar-refractivity contribution < 1.29 is 40.9 Å². The number of nitrogens with one attached hydrogen (secondary N) is 1. The predicted molar refractivity (Wildman–Crippen MR) is 127 cm³/mol. The van der Waals surface area contributed by atoms with Crippen LogP contribution in [0.2, 0.25) is 0 Å². The Balaban J connectivity index is 1.83. The van der Waals surface area contributed by atoms with E-state index in [1.165, 1.54) is 12.4 Å². The fourth-order valence-corrected chi connectivity index (χ4v) is 5.23. The van der Waals surface area contributed by atoms with Crippen LogP contribution in [0.3, 0.4) is 0 Å². The Hall–Kier alpha value is -3.03. The largest absolute Gasteiger partial charge is 0.435 e. The van der Waals surface area contributed by atoms with Gasteiger partial charge in [-0.3, -0.25) is 10.1 Å². The fourth-order valence-electron chi connectivity index (χ4n) is 5.23. The molecule has 1 aliphatic heterocycles. The van der Waals surface area contributed by atoms with E-state index >= 15 is 0 Å². The van der Waals surface area contributed by atoms with Gasteiger partial charge in [0, 0.05) is 47.6 Å². The van der Waals surface area contributed by atoms with Crippen molar-refractivity contribution in [2.75, 3.05) is 20.1 Å². The molecule has 0 amide bonds. The third kappa shape index (κ3) is 4.59. The quantitative estimate of drug-likeness (QED) is 0.362. The summed E-state index contributed by atoms with van der Waals surface area (Å²) in [5.74, 6) is 0. The summed E-state index contributed by atoms with van der Waals surface area (Å²) in [6, 6.07) is 5.68. The van der Waals surface area contributed by atoms with Crippen molar-refractivity contribution in [1.82, 2.24) is 20.1 Å². The minimum Gasteiger partial charge on any atom is -0.384 e. The lowest BCUT2D eigenvalue weighted by Gasteiger charge is -2.56. The highest BCUT2D eigenvalue weighted by atomic mass is 19.4. The number of rotatable bonds is 6. The number of benzene rings is 1. The van der Waals surface area contributed by atoms with Crippen molar-refractivity contribution in [3.63, 3.8) is 0 Å². The molecular formula is C26H27F7N4O2. The monoisotopic (exact) mass is 560 g/mol. The molecule has 0 radical (unpaired) electrons. The van der Waals surface area contributed by atoms with Crippen LogP contribution in [0, 0.1) is 5.41 Å². The average Bonchev–Trinajstić information content (AvgIpc) is 3.32. The van der Waals surface area contributed by atoms with Crippen LogP contribution in [0.25, 0.3) is 11.3 Å². The SMILES string of the molecule is CN1CC(C)([C@](O)(c2ccc(C(F)(C(F)(F)F)C(F)(F)F)cc2)c2cncc(-c3cc(C(C)(C)O)[nH]n3)c2)C1. The van der Waals surface area contributed by atoms with Crippen molar-refractivity contribution in [3.05, 3.63) is 71.2 Å². The Morgan fingerprint density at radius 1 is 0.846 bits per heavy atom. The van der Waals surface area contributed by atoms with E-state index in [-0.39, 0.29) is 11.1 Å². The molecule has 3 N–H and O–H groups in total. The number of hydrogen-bond donors (Lipinski definition) is 3. The van der Waals surface area contributed by atoms with Crippen molar-refractivity contribution in [1.29, 1.82) is 0 Å². The van der Waals surface area contributed by atoms with Gasteiger partial charge in [0.1, 0.15) is 11.2 Å². The molecular weight excluding hydrogens is 533 g/mol. The van der Waals surface area contributed by atoms with Gasteiger partial charge in [-0.1, -0.05) is 31.2 Å². The number of aromatic amines is 1. The Morgan fingerprint density at radius 2 is 1.38 bits per heavy atom. The zero-order chi connectivity index (χ0) is 29.2. The number of aromatic nitrogens is 3. The van der Waals surface area contributed by atoms with Gasteiger partial charge in [0.15, 0.2) is 0 Å². The van der Waals surface area contributed by atoms with Gasteiger partial charge in [-0.25, -0.2) is 4.39 Å². The number of pyridine rings is 1. The first-order valence-corrected chi connectivity index (χ1v) is 11.8. The molecule has 3 heterocycles. The average molecular weight is 561 g/mol. The van der Waals surface area contributed by atoms with Gasteiger partial charge in [0.25, 0.3) is 0 Å². The molecule has 1 fully saturated rings. The van der Waals surface area contributed by atoms with Gasteiger partial charge in [-0.05, 0) is 38.6 Å². The lowest BCUT2D eigenvalue weighted by molar-refractivity contribution is -0.348. The van der Waals surface area contributed by atoms with Crippen LogP contribution in [0.1, 0.15) is 43.2 Å². The van der Waals surface area contributed by atoms with Crippen LogP contribution in [0.4, 0.5) is 30.7 Å². The van der Waals surface area contributed by atoms with E-state index in [4.69, 9.17) is 0 Å². The molecule has 0 bridgehead atoms. The maximum Gasteiger partial charge on any atom is 0.435 e. The fraction of sp³-hybridized carbons (Fsp3) is 0.462. The number of nitrogens with zero attached hydrogens (tertiary/aromatic N) is 3. The zero-order valence-corrected chi connectivity index (χ0v) is 21.4. The smallest absolute Gasteiger partial charge is 0.384 e. The normalized spacial score (nSPS) is 18.5. The molecule has 1 saturated heterocycles. The summed E-state index contributed by atoms with van der Waals surface area (Å²) in [6.07, 6.45) is -9.71. The third-order valence-electron chi connectivity index (χ3n) is 7.28. The molecule has 0 unspecified atom stereocenters. The third-order valence-corrected chi connectivity index (χ3v) is 7.28. The molecule has 39 heavy (non-hydrogen) atoms. The molecule has 4 rings (SSSR count). The van der Waals surface area contributed by atoms with Crippen molar-refractivity contribution in [2.45, 2.75) is 50.0 Å². The Morgan fingerprint density at radius 3 is 1.85 bits per heavy atom. The second-order valence-electron chi connectivity index (χ2n) is 10.9. The van der Waals surface area contributed by atoms with Crippen LogP contribution >= 0.6 is 0 Å². The lowest BCUT2D eigenvalue weighted by atomic mass is 9.62. The zero-order valence-electron chi connectivity index (χ0n) is 21.4. The van der Waals surface area contributed by atoms with Crippen LogP contribution in [-0.2, 0) is 16.9 Å². The second kappa shape index (κ2) is 9.00. The number of halogens is 7. The van der Waals surface area contributed by atoms with Crippen molar-refractivity contribution in [3.8, 4) is 11.3 Å². The molecule has 1 aliphatic rings. The summed E-state index contributed by atoms with van der Waals surface area (Å²) in [5, 5.41) is 29.3. The standard InChI is InChI=1S/C26H27F7N4O2/c1-21(2,38)20-10-19(35-36-20)15-9-18(12-34-11-15)23(39,22(3)13-37(4)14-22)16-5-7-17(8-6-16)24(27,25(28,29)30)26(31,32)33/h5-12,38-39H,13-14H2,1-4H3,(H,35,36)/t23-/m0/s1. The summed E-state index contributed by atoms with van der Waals surface area (Å²) < 4.78 is 94.3. The molecule has 2 aromatic heterocycles. The first-order valence-electron chi connectivity index (χ1n) is 11.8. The van der Waals surface area contributed by atoms with Crippen molar-refractivity contribution in [2.24, 2.45) is 5.41 Å². The van der Waals surface area contributed by atoms with E-state index in [2.05, 4.69) is 15.2 Å². The van der Waals surface area contributed by atoms with Crippen LogP contribution in [0.5, 0.6) is 0 Å². The summed E-state index contributed by atoms with van der Waals surface area (Å²) >= 11 is 0. The van der Waals surface area contributed by atoms with E-state index < -0.39 is 40.2 Å². The number of aliphatic hydroxyl groups is 2. The van der Waals surface area contributed by atoms with Gasteiger partial charge >= 0.3 is 18.0 Å². The van der Waals surface area contributed by atoms with Gasteiger partial charge in [-0.15, -0.1) is 0 Å². The molecule has 212 valence electrons. The predicted octanol–water partition coefficient (Wildman–Crippen LogP) is 5.18. The highest BCUT2D eigenvalue weighted by Gasteiger charge is 2.73. The molecule has 1 aromatic carbocycles. The van der Waals surface area contributed by atoms with Gasteiger partial charge < -0.3 is 15.1 Å². The highest BCUT2D eigenvalue weighted by Crippen LogP contribution is 2.54. The second-order valence-corrected chi connectivity index (χ2v) is 10.9. The number of likely N-dealkylation sites (tertiary alicyclic amines) is 1. The topological polar surface area (TPSA) is 85.3 Å². The van der Waals surface area contributed by atoms with Gasteiger partial charge in [0.05, 0.1) is 11.4 Å². The summed E-state index contributed by atoms with van der Waals surface area (Å²) in [5.41, 5.74) is -9.94. The lowest BCUT2D eigenvalue weighted by Crippen LogP contribution is -2.63. The summed E-state index contributed by atoms with van der Waals surface area (Å²) in [4.78, 5) is 6.06. The summed E-state index contributed by atoms with van der Waals surface area (Å²) in [6.45, 7) is 5.50. The molecule has 0 spiro atoms. The van der Waals surface area contributed by atoms with Crippen LogP contribution in [0.15, 0.2) is 48.8 Å². The maximum atomic E-state index is 14.6. The Labute approximate surface area is 219 Å². The first-order chi connectivity index (χ1) is 17.7. The molecule has 13 heteroatoms. The Bertz CT molecular complexity index is 1330. The molecule has 0 saturated carbocycles. The molecule has 1 atom stereocenters. The molecule has 6 nitrogen and oxygen atoms in total. The highest BCUT2D eigenvalue weighted by molar-refractivity contribution is 5.60. The van der Waals surface area contributed by atoms with E-state index in [0.717, 1.165) is 12.1 Å². The Kier molecular flexibility index (Phi) is 6.68. The minimum absolute atomic E-state index is 0.0355. The molecule has 3 aromatic rings. The van der Waals surface area contributed by atoms with E-state index in [9.17, 15) is 40.9 Å². The number of hydrogen-bond acceptors (Lipinski definition) is 5. The summed E-state index contributed by atoms with van der Waals surface area (Å²) in [7, 11) is 1.78. The van der Waals surface area contributed by atoms with Crippen LogP contribution < -0.4 is 0 Å². The van der Waals surface area contributed by atoms with Crippen LogP contribution in [-0.4, -0.2) is 62.8 Å². The first kappa shape index (κ1) is 29.0. The van der Waals surface area contributed by atoms with Gasteiger partial charge in [-0.2, -0.15) is 31.4 Å². The van der Waals surface area contributed by atoms with Crippen molar-refractivity contribution >= 4 is 0 Å².